The number of aromatic nitrogens is 1. The Labute approximate surface area is 171 Å². The highest BCUT2D eigenvalue weighted by Crippen LogP contribution is 2.40. The van der Waals surface area contributed by atoms with Gasteiger partial charge in [0.25, 0.3) is 0 Å². The van der Waals surface area contributed by atoms with E-state index in [4.69, 9.17) is 0 Å². The van der Waals surface area contributed by atoms with Crippen LogP contribution in [0.4, 0.5) is 0 Å². The molecule has 0 saturated carbocycles. The second-order valence-corrected chi connectivity index (χ2v) is 8.09. The summed E-state index contributed by atoms with van der Waals surface area (Å²) in [7, 11) is 0. The third-order valence-electron chi connectivity index (χ3n) is 6.48. The largest absolute Gasteiger partial charge is 0.336 e. The van der Waals surface area contributed by atoms with Crippen LogP contribution in [-0.4, -0.2) is 4.57 Å². The summed E-state index contributed by atoms with van der Waals surface area (Å²) in [6.07, 6.45) is 2.15. The Morgan fingerprint density at radius 3 is 2.10 bits per heavy atom. The molecule has 0 bridgehead atoms. The minimum atomic E-state index is 0.899. The summed E-state index contributed by atoms with van der Waals surface area (Å²) in [5.74, 6) is 0. The Morgan fingerprint density at radius 2 is 1.38 bits per heavy atom. The van der Waals surface area contributed by atoms with Gasteiger partial charge in [0.15, 0.2) is 0 Å². The van der Waals surface area contributed by atoms with E-state index in [-0.39, 0.29) is 0 Å². The van der Waals surface area contributed by atoms with Gasteiger partial charge in [-0.25, -0.2) is 0 Å². The predicted octanol–water partition coefficient (Wildman–Crippen LogP) is 6.98. The van der Waals surface area contributed by atoms with Crippen LogP contribution in [0, 0.1) is 0 Å². The average molecular weight is 373 g/mol. The van der Waals surface area contributed by atoms with Crippen molar-refractivity contribution in [1.82, 2.24) is 4.57 Å². The van der Waals surface area contributed by atoms with E-state index in [1.807, 2.05) is 0 Å². The van der Waals surface area contributed by atoms with Crippen LogP contribution in [-0.2, 0) is 19.4 Å². The topological polar surface area (TPSA) is 4.93 Å². The maximum atomic E-state index is 2.48. The molecule has 0 radical (unpaired) electrons. The summed E-state index contributed by atoms with van der Waals surface area (Å²) in [5.41, 5.74) is 11.4. The number of benzene rings is 4. The normalized spacial score (nSPS) is 12.4. The molecule has 1 heterocycles. The lowest BCUT2D eigenvalue weighted by molar-refractivity contribution is 0.865. The van der Waals surface area contributed by atoms with Crippen molar-refractivity contribution in [3.8, 4) is 11.1 Å². The van der Waals surface area contributed by atoms with Crippen molar-refractivity contribution in [3.05, 3.63) is 107 Å². The highest BCUT2D eigenvalue weighted by Gasteiger charge is 2.21. The van der Waals surface area contributed by atoms with Crippen molar-refractivity contribution in [2.24, 2.45) is 0 Å². The zero-order chi connectivity index (χ0) is 19.4. The van der Waals surface area contributed by atoms with E-state index in [0.29, 0.717) is 0 Å². The molecular formula is C28H23N. The number of fused-ring (bicyclic) bond motifs is 6. The first-order chi connectivity index (χ1) is 14.3. The van der Waals surface area contributed by atoms with Crippen molar-refractivity contribution in [2.75, 3.05) is 0 Å². The molecule has 0 spiro atoms. The van der Waals surface area contributed by atoms with Crippen LogP contribution in [0.25, 0.3) is 32.9 Å². The van der Waals surface area contributed by atoms with Crippen LogP contribution in [0.1, 0.15) is 29.2 Å². The van der Waals surface area contributed by atoms with Crippen LogP contribution in [0.15, 0.2) is 84.9 Å². The lowest BCUT2D eigenvalue weighted by atomic mass is 9.96. The van der Waals surface area contributed by atoms with E-state index in [1.54, 1.807) is 0 Å². The molecule has 1 heteroatoms. The first-order valence-electron chi connectivity index (χ1n) is 10.5. The van der Waals surface area contributed by atoms with Crippen LogP contribution < -0.4 is 0 Å². The fraction of sp³-hybridized carbons (Fsp3) is 0.143. The third-order valence-corrected chi connectivity index (χ3v) is 6.48. The van der Waals surface area contributed by atoms with Gasteiger partial charge in [-0.2, -0.15) is 0 Å². The molecular weight excluding hydrogens is 350 g/mol. The quantitative estimate of drug-likeness (QED) is 0.315. The van der Waals surface area contributed by atoms with Gasteiger partial charge in [0, 0.05) is 28.4 Å². The van der Waals surface area contributed by atoms with Crippen LogP contribution >= 0.6 is 0 Å². The molecule has 0 N–H and O–H groups in total. The monoisotopic (exact) mass is 373 g/mol. The molecule has 6 rings (SSSR count). The molecule has 0 unspecified atom stereocenters. The molecule has 1 aliphatic rings. The molecule has 4 aromatic carbocycles. The van der Waals surface area contributed by atoms with E-state index in [0.717, 1.165) is 19.4 Å². The van der Waals surface area contributed by atoms with Gasteiger partial charge in [-0.3, -0.25) is 0 Å². The molecule has 0 atom stereocenters. The zero-order valence-corrected chi connectivity index (χ0v) is 16.7. The first kappa shape index (κ1) is 16.6. The minimum absolute atomic E-state index is 0.899. The number of aryl methyl sites for hydroxylation is 1. The Balaban J connectivity index is 1.55. The lowest BCUT2D eigenvalue weighted by Crippen LogP contribution is -2.02. The smallest absolute Gasteiger partial charge is 0.0494 e. The second kappa shape index (κ2) is 6.35. The Kier molecular flexibility index (Phi) is 3.64. The van der Waals surface area contributed by atoms with E-state index in [1.165, 1.54) is 55.2 Å². The zero-order valence-electron chi connectivity index (χ0n) is 16.7. The maximum Gasteiger partial charge on any atom is 0.0494 e. The predicted molar refractivity (Wildman–Crippen MR) is 123 cm³/mol. The Bertz CT molecular complexity index is 1330. The summed E-state index contributed by atoms with van der Waals surface area (Å²) >= 11 is 0. The minimum Gasteiger partial charge on any atom is -0.336 e. The number of rotatable bonds is 3. The van der Waals surface area contributed by atoms with E-state index < -0.39 is 0 Å². The molecule has 0 amide bonds. The molecule has 0 saturated heterocycles. The van der Waals surface area contributed by atoms with Crippen molar-refractivity contribution in [2.45, 2.75) is 26.3 Å². The van der Waals surface area contributed by atoms with E-state index >= 15 is 0 Å². The lowest BCUT2D eigenvalue weighted by Gasteiger charge is -2.13. The van der Waals surface area contributed by atoms with Gasteiger partial charge in [0.1, 0.15) is 0 Å². The van der Waals surface area contributed by atoms with Crippen LogP contribution in [0.5, 0.6) is 0 Å². The molecule has 1 aromatic heterocycles. The van der Waals surface area contributed by atoms with Gasteiger partial charge in [-0.1, -0.05) is 73.7 Å². The average Bonchev–Trinajstić information content (AvgIpc) is 3.30. The van der Waals surface area contributed by atoms with Gasteiger partial charge >= 0.3 is 0 Å². The molecule has 0 aliphatic heterocycles. The number of hydrogen-bond donors (Lipinski definition) is 0. The van der Waals surface area contributed by atoms with Gasteiger partial charge in [0.05, 0.1) is 0 Å². The summed E-state index contributed by atoms with van der Waals surface area (Å²) in [6, 6.07) is 31.3. The molecule has 5 aromatic rings. The second-order valence-electron chi connectivity index (χ2n) is 8.09. The molecule has 0 fully saturated rings. The number of hydrogen-bond acceptors (Lipinski definition) is 0. The summed E-state index contributed by atoms with van der Waals surface area (Å²) in [5, 5.41) is 2.68. The summed E-state index contributed by atoms with van der Waals surface area (Å²) in [4.78, 5) is 0. The van der Waals surface area contributed by atoms with Gasteiger partial charge in [0.2, 0.25) is 0 Å². The fourth-order valence-electron chi connectivity index (χ4n) is 5.14. The third kappa shape index (κ3) is 2.47. The molecule has 1 nitrogen and oxygen atoms in total. The van der Waals surface area contributed by atoms with E-state index in [2.05, 4.69) is 96.4 Å². The highest BCUT2D eigenvalue weighted by atomic mass is 15.0. The van der Waals surface area contributed by atoms with Crippen molar-refractivity contribution in [3.63, 3.8) is 0 Å². The Hall–Kier alpha value is -3.32. The van der Waals surface area contributed by atoms with Crippen molar-refractivity contribution >= 4 is 21.8 Å². The first-order valence-corrected chi connectivity index (χ1v) is 10.5. The number of para-hydroxylation sites is 2. The maximum absolute atomic E-state index is 2.48. The van der Waals surface area contributed by atoms with Crippen LogP contribution in [0.3, 0.4) is 0 Å². The summed E-state index contributed by atoms with van der Waals surface area (Å²) < 4.78 is 2.48. The summed E-state index contributed by atoms with van der Waals surface area (Å²) in [6.45, 7) is 3.18. The molecule has 140 valence electrons. The van der Waals surface area contributed by atoms with Gasteiger partial charge < -0.3 is 4.57 Å². The Morgan fingerprint density at radius 1 is 0.724 bits per heavy atom. The standard InChI is InChI=1S/C28H23N/c1-2-20-15-19(16-26-22-10-4-3-9-21(22)17-25(20)26)18-29-27-13-7-5-11-23(27)24-12-6-8-14-28(24)29/h3-16H,2,17-18H2,1H3. The molecule has 1 aliphatic carbocycles. The highest BCUT2D eigenvalue weighted by molar-refractivity contribution is 6.08. The van der Waals surface area contributed by atoms with Gasteiger partial charge in [-0.15, -0.1) is 0 Å². The van der Waals surface area contributed by atoms with Crippen molar-refractivity contribution < 1.29 is 0 Å². The number of nitrogens with zero attached hydrogens (tertiary/aromatic N) is 1. The van der Waals surface area contributed by atoms with Crippen LogP contribution in [0.2, 0.25) is 0 Å². The van der Waals surface area contributed by atoms with Gasteiger partial charge in [-0.05, 0) is 64.4 Å². The molecule has 29 heavy (non-hydrogen) atoms. The fourth-order valence-corrected chi connectivity index (χ4v) is 5.14. The van der Waals surface area contributed by atoms with E-state index in [9.17, 15) is 0 Å². The SMILES string of the molecule is CCc1cc(Cn2c3ccccc3c3ccccc32)cc2c1Cc1ccccc1-2. The van der Waals surface area contributed by atoms with Crippen molar-refractivity contribution in [1.29, 1.82) is 0 Å².